The van der Waals surface area contributed by atoms with Crippen molar-refractivity contribution in [2.75, 3.05) is 19.6 Å². The molecule has 82 valence electrons. The lowest BCUT2D eigenvalue weighted by Crippen LogP contribution is -2.45. The van der Waals surface area contributed by atoms with Crippen LogP contribution in [-0.4, -0.2) is 36.6 Å². The number of nitrogens with zero attached hydrogens (tertiary/aromatic N) is 1. The lowest BCUT2D eigenvalue weighted by molar-refractivity contribution is 0.130. The van der Waals surface area contributed by atoms with Gasteiger partial charge in [0.15, 0.2) is 0 Å². The zero-order chi connectivity index (χ0) is 9.97. The van der Waals surface area contributed by atoms with Crippen LogP contribution in [0.3, 0.4) is 0 Å². The van der Waals surface area contributed by atoms with Crippen LogP contribution < -0.4 is 5.32 Å². The predicted octanol–water partition coefficient (Wildman–Crippen LogP) is 1.86. The molecule has 14 heavy (non-hydrogen) atoms. The van der Waals surface area contributed by atoms with Gasteiger partial charge in [0.2, 0.25) is 0 Å². The third-order valence-corrected chi connectivity index (χ3v) is 3.88. The molecule has 0 amide bonds. The molecule has 2 nitrogen and oxygen atoms in total. The van der Waals surface area contributed by atoms with Crippen LogP contribution in [0.5, 0.6) is 0 Å². The van der Waals surface area contributed by atoms with Crippen LogP contribution in [-0.2, 0) is 0 Å². The molecule has 0 bridgehead atoms. The molecule has 0 aromatic carbocycles. The van der Waals surface area contributed by atoms with Gasteiger partial charge in [-0.05, 0) is 44.7 Å². The van der Waals surface area contributed by atoms with Crippen LogP contribution in [0, 0.1) is 5.92 Å². The van der Waals surface area contributed by atoms with Crippen molar-refractivity contribution in [1.82, 2.24) is 10.2 Å². The average Bonchev–Trinajstić information content (AvgIpc) is 2.90. The third kappa shape index (κ3) is 2.12. The molecule has 1 N–H and O–H groups in total. The van der Waals surface area contributed by atoms with Crippen molar-refractivity contribution in [1.29, 1.82) is 0 Å². The molecule has 0 aromatic heterocycles. The molecule has 2 rings (SSSR count). The molecule has 1 saturated carbocycles. The summed E-state index contributed by atoms with van der Waals surface area (Å²) in [5.41, 5.74) is 0. The molecular formula is C12H24N2. The van der Waals surface area contributed by atoms with Gasteiger partial charge in [0.25, 0.3) is 0 Å². The fourth-order valence-electron chi connectivity index (χ4n) is 3.01. The quantitative estimate of drug-likeness (QED) is 0.722. The summed E-state index contributed by atoms with van der Waals surface area (Å²) >= 11 is 0. The first-order chi connectivity index (χ1) is 6.86. The van der Waals surface area contributed by atoms with Crippen molar-refractivity contribution in [2.45, 2.75) is 51.6 Å². The number of hydrogen-bond donors (Lipinski definition) is 1. The van der Waals surface area contributed by atoms with E-state index in [0.29, 0.717) is 0 Å². The van der Waals surface area contributed by atoms with Crippen LogP contribution in [0.4, 0.5) is 0 Å². The van der Waals surface area contributed by atoms with Gasteiger partial charge in [-0.2, -0.15) is 0 Å². The van der Waals surface area contributed by atoms with Crippen LogP contribution in [0.1, 0.15) is 39.5 Å². The first-order valence-corrected chi connectivity index (χ1v) is 6.33. The summed E-state index contributed by atoms with van der Waals surface area (Å²) in [5.74, 6) is 1.03. The van der Waals surface area contributed by atoms with E-state index in [0.717, 1.165) is 18.0 Å². The second-order valence-corrected chi connectivity index (χ2v) is 4.79. The van der Waals surface area contributed by atoms with Gasteiger partial charge in [-0.25, -0.2) is 0 Å². The third-order valence-electron chi connectivity index (χ3n) is 3.88. The Bertz CT molecular complexity index is 171. The normalized spacial score (nSPS) is 29.8. The fraction of sp³-hybridized carbons (Fsp3) is 1.00. The number of likely N-dealkylation sites (N-methyl/N-ethyl adjacent to an activating group) is 1. The van der Waals surface area contributed by atoms with Crippen molar-refractivity contribution in [2.24, 2.45) is 5.92 Å². The van der Waals surface area contributed by atoms with E-state index in [4.69, 9.17) is 0 Å². The molecule has 2 atom stereocenters. The van der Waals surface area contributed by atoms with E-state index in [2.05, 4.69) is 24.1 Å². The molecule has 2 unspecified atom stereocenters. The standard InChI is InChI=1S/C12H24N2/c1-3-12(10-5-6-10)14(4-2)11-7-8-13-9-11/h10-13H,3-9H2,1-2H3. The number of rotatable bonds is 5. The van der Waals surface area contributed by atoms with Crippen molar-refractivity contribution >= 4 is 0 Å². The summed E-state index contributed by atoms with van der Waals surface area (Å²) < 4.78 is 0. The summed E-state index contributed by atoms with van der Waals surface area (Å²) in [6.45, 7) is 8.36. The van der Waals surface area contributed by atoms with Crippen LogP contribution in [0.2, 0.25) is 0 Å². The number of hydrogen-bond acceptors (Lipinski definition) is 2. The van der Waals surface area contributed by atoms with Crippen molar-refractivity contribution in [3.8, 4) is 0 Å². The summed E-state index contributed by atoms with van der Waals surface area (Å²) in [6, 6.07) is 1.70. The Kier molecular flexibility index (Phi) is 3.45. The Hall–Kier alpha value is -0.0800. The molecule has 1 saturated heterocycles. The maximum atomic E-state index is 3.48. The highest BCUT2D eigenvalue weighted by atomic mass is 15.2. The van der Waals surface area contributed by atoms with E-state index in [1.807, 2.05) is 0 Å². The first-order valence-electron chi connectivity index (χ1n) is 6.33. The fourth-order valence-corrected chi connectivity index (χ4v) is 3.01. The maximum absolute atomic E-state index is 3.48. The summed E-state index contributed by atoms with van der Waals surface area (Å²) in [4.78, 5) is 2.76. The van der Waals surface area contributed by atoms with Crippen LogP contribution in [0.15, 0.2) is 0 Å². The van der Waals surface area contributed by atoms with Crippen molar-refractivity contribution < 1.29 is 0 Å². The summed E-state index contributed by atoms with van der Waals surface area (Å²) in [7, 11) is 0. The monoisotopic (exact) mass is 196 g/mol. The summed E-state index contributed by atoms with van der Waals surface area (Å²) in [6.07, 6.45) is 5.66. The smallest absolute Gasteiger partial charge is 0.0235 e. The molecule has 0 radical (unpaired) electrons. The molecular weight excluding hydrogens is 172 g/mol. The van der Waals surface area contributed by atoms with E-state index in [1.54, 1.807) is 0 Å². The molecule has 1 aliphatic heterocycles. The van der Waals surface area contributed by atoms with Crippen LogP contribution >= 0.6 is 0 Å². The van der Waals surface area contributed by atoms with E-state index in [-0.39, 0.29) is 0 Å². The maximum Gasteiger partial charge on any atom is 0.0235 e. The van der Waals surface area contributed by atoms with Gasteiger partial charge in [-0.15, -0.1) is 0 Å². The molecule has 0 spiro atoms. The Labute approximate surface area is 88.1 Å². The second kappa shape index (κ2) is 4.63. The SMILES string of the molecule is CCC(C1CC1)N(CC)C1CCNC1. The van der Waals surface area contributed by atoms with Gasteiger partial charge in [-0.3, -0.25) is 4.90 Å². The van der Waals surface area contributed by atoms with E-state index < -0.39 is 0 Å². The molecule has 2 fully saturated rings. The van der Waals surface area contributed by atoms with E-state index in [9.17, 15) is 0 Å². The van der Waals surface area contributed by atoms with Gasteiger partial charge in [-0.1, -0.05) is 13.8 Å². The van der Waals surface area contributed by atoms with Gasteiger partial charge in [0.1, 0.15) is 0 Å². The summed E-state index contributed by atoms with van der Waals surface area (Å²) in [5, 5.41) is 3.48. The van der Waals surface area contributed by atoms with Gasteiger partial charge in [0, 0.05) is 18.6 Å². The minimum Gasteiger partial charge on any atom is -0.315 e. The Morgan fingerprint density at radius 1 is 1.29 bits per heavy atom. The van der Waals surface area contributed by atoms with E-state index >= 15 is 0 Å². The molecule has 1 heterocycles. The predicted molar refractivity (Wildman–Crippen MR) is 60.5 cm³/mol. The van der Waals surface area contributed by atoms with Gasteiger partial charge in [0.05, 0.1) is 0 Å². The molecule has 2 heteroatoms. The Morgan fingerprint density at radius 3 is 2.50 bits per heavy atom. The molecule has 2 aliphatic rings. The van der Waals surface area contributed by atoms with Gasteiger partial charge >= 0.3 is 0 Å². The highest BCUT2D eigenvalue weighted by Crippen LogP contribution is 2.37. The Balaban J connectivity index is 1.94. The van der Waals surface area contributed by atoms with Crippen LogP contribution in [0.25, 0.3) is 0 Å². The second-order valence-electron chi connectivity index (χ2n) is 4.79. The zero-order valence-corrected chi connectivity index (χ0v) is 9.63. The van der Waals surface area contributed by atoms with Gasteiger partial charge < -0.3 is 5.32 Å². The lowest BCUT2D eigenvalue weighted by atomic mass is 10.0. The molecule has 1 aliphatic carbocycles. The lowest BCUT2D eigenvalue weighted by Gasteiger charge is -2.35. The minimum absolute atomic E-state index is 0.825. The largest absolute Gasteiger partial charge is 0.315 e. The minimum atomic E-state index is 0.825. The Morgan fingerprint density at radius 2 is 2.07 bits per heavy atom. The molecule has 0 aromatic rings. The highest BCUT2D eigenvalue weighted by Gasteiger charge is 2.36. The van der Waals surface area contributed by atoms with Crippen molar-refractivity contribution in [3.05, 3.63) is 0 Å². The zero-order valence-electron chi connectivity index (χ0n) is 9.63. The first kappa shape index (κ1) is 10.4. The average molecular weight is 196 g/mol. The topological polar surface area (TPSA) is 15.3 Å². The highest BCUT2D eigenvalue weighted by molar-refractivity contribution is 4.92. The van der Waals surface area contributed by atoms with E-state index in [1.165, 1.54) is 45.3 Å². The number of nitrogens with one attached hydrogen (secondary N) is 1. The van der Waals surface area contributed by atoms with Crippen molar-refractivity contribution in [3.63, 3.8) is 0 Å².